The monoisotopic (exact) mass is 256 g/mol. The summed E-state index contributed by atoms with van der Waals surface area (Å²) in [7, 11) is 0. The Morgan fingerprint density at radius 3 is 2.72 bits per heavy atom. The van der Waals surface area contributed by atoms with Crippen LogP contribution in [0.2, 0.25) is 0 Å². The van der Waals surface area contributed by atoms with Crippen molar-refractivity contribution < 1.29 is 14.7 Å². The van der Waals surface area contributed by atoms with Crippen LogP contribution in [0.5, 0.6) is 0 Å². The van der Waals surface area contributed by atoms with Crippen molar-refractivity contribution in [2.24, 2.45) is 5.41 Å². The molecule has 0 aromatic rings. The molecule has 1 aliphatic heterocycles. The van der Waals surface area contributed by atoms with Gasteiger partial charge in [-0.25, -0.2) is 0 Å². The predicted molar refractivity (Wildman–Crippen MR) is 69.3 cm³/mol. The molecule has 1 rings (SSSR count). The second-order valence-corrected chi connectivity index (χ2v) is 5.30. The normalized spacial score (nSPS) is 23.6. The van der Waals surface area contributed by atoms with Gasteiger partial charge in [0.15, 0.2) is 0 Å². The van der Waals surface area contributed by atoms with E-state index in [0.717, 1.165) is 38.8 Å². The van der Waals surface area contributed by atoms with Gasteiger partial charge in [0, 0.05) is 19.5 Å². The van der Waals surface area contributed by atoms with Crippen molar-refractivity contribution in [1.29, 1.82) is 0 Å². The Morgan fingerprint density at radius 1 is 1.33 bits per heavy atom. The molecule has 18 heavy (non-hydrogen) atoms. The van der Waals surface area contributed by atoms with Gasteiger partial charge in [-0.15, -0.1) is 0 Å². The maximum atomic E-state index is 12.0. The van der Waals surface area contributed by atoms with E-state index in [-0.39, 0.29) is 17.7 Å². The summed E-state index contributed by atoms with van der Waals surface area (Å²) in [5, 5.41) is 14.7. The zero-order valence-electron chi connectivity index (χ0n) is 11.1. The fraction of sp³-hybridized carbons (Fsp3) is 0.846. The maximum absolute atomic E-state index is 12.0. The molecule has 5 heteroatoms. The average Bonchev–Trinajstić information content (AvgIpc) is 2.34. The third-order valence-electron chi connectivity index (χ3n) is 3.50. The standard InChI is InChI=1S/C13H24N2O3/c1-13(7-5-8-14-10-13)12(18)15-9-4-2-3-6-11(16)17/h14H,2-10H2,1H3,(H,15,18)(H,16,17). The number of amides is 1. The van der Waals surface area contributed by atoms with Crippen LogP contribution in [0.1, 0.15) is 45.4 Å². The lowest BCUT2D eigenvalue weighted by molar-refractivity contribution is -0.137. The third-order valence-corrected chi connectivity index (χ3v) is 3.50. The Bertz CT molecular complexity index is 286. The van der Waals surface area contributed by atoms with Crippen LogP contribution in [0.15, 0.2) is 0 Å². The van der Waals surface area contributed by atoms with E-state index in [4.69, 9.17) is 5.11 Å². The van der Waals surface area contributed by atoms with Crippen LogP contribution in [0.25, 0.3) is 0 Å². The lowest BCUT2D eigenvalue weighted by Gasteiger charge is -2.32. The smallest absolute Gasteiger partial charge is 0.303 e. The number of rotatable bonds is 7. The Hall–Kier alpha value is -1.10. The lowest BCUT2D eigenvalue weighted by atomic mass is 9.82. The molecule has 5 nitrogen and oxygen atoms in total. The molecule has 1 saturated heterocycles. The fourth-order valence-electron chi connectivity index (χ4n) is 2.24. The summed E-state index contributed by atoms with van der Waals surface area (Å²) in [6.07, 6.45) is 4.58. The summed E-state index contributed by atoms with van der Waals surface area (Å²) in [6, 6.07) is 0. The molecular weight excluding hydrogens is 232 g/mol. The van der Waals surface area contributed by atoms with Gasteiger partial charge in [-0.1, -0.05) is 6.42 Å². The molecule has 1 unspecified atom stereocenters. The molecule has 0 aliphatic carbocycles. The Labute approximate surface area is 108 Å². The first-order valence-corrected chi connectivity index (χ1v) is 6.75. The first kappa shape index (κ1) is 15.0. The molecule has 0 aromatic carbocycles. The van der Waals surface area contributed by atoms with E-state index >= 15 is 0 Å². The van der Waals surface area contributed by atoms with Crippen LogP contribution < -0.4 is 10.6 Å². The van der Waals surface area contributed by atoms with Crippen LogP contribution in [0.4, 0.5) is 0 Å². The Balaban J connectivity index is 2.11. The molecule has 0 radical (unpaired) electrons. The lowest BCUT2D eigenvalue weighted by Crippen LogP contribution is -2.48. The van der Waals surface area contributed by atoms with Gasteiger partial charge in [0.1, 0.15) is 0 Å². The minimum Gasteiger partial charge on any atom is -0.481 e. The number of nitrogens with one attached hydrogen (secondary N) is 2. The highest BCUT2D eigenvalue weighted by Gasteiger charge is 2.34. The summed E-state index contributed by atoms with van der Waals surface area (Å²) >= 11 is 0. The van der Waals surface area contributed by atoms with Crippen molar-refractivity contribution in [3.8, 4) is 0 Å². The first-order chi connectivity index (χ1) is 8.54. The molecule has 3 N–H and O–H groups in total. The van der Waals surface area contributed by atoms with E-state index in [0.29, 0.717) is 13.0 Å². The second-order valence-electron chi connectivity index (χ2n) is 5.30. The van der Waals surface area contributed by atoms with Crippen molar-refractivity contribution in [3.05, 3.63) is 0 Å². The number of carbonyl (C=O) groups is 2. The molecule has 0 aromatic heterocycles. The van der Waals surface area contributed by atoms with E-state index in [9.17, 15) is 9.59 Å². The van der Waals surface area contributed by atoms with E-state index in [1.807, 2.05) is 6.92 Å². The number of aliphatic carboxylic acids is 1. The number of hydrogen-bond donors (Lipinski definition) is 3. The highest BCUT2D eigenvalue weighted by atomic mass is 16.4. The minimum absolute atomic E-state index is 0.118. The molecule has 0 spiro atoms. The van der Waals surface area contributed by atoms with Gasteiger partial charge in [-0.2, -0.15) is 0 Å². The second kappa shape index (κ2) is 7.36. The van der Waals surface area contributed by atoms with Crippen LogP contribution in [0, 0.1) is 5.41 Å². The predicted octanol–water partition coefficient (Wildman–Crippen LogP) is 1.14. The maximum Gasteiger partial charge on any atom is 0.303 e. The van der Waals surface area contributed by atoms with Crippen molar-refractivity contribution >= 4 is 11.9 Å². The van der Waals surface area contributed by atoms with Crippen molar-refractivity contribution in [1.82, 2.24) is 10.6 Å². The van der Waals surface area contributed by atoms with Gasteiger partial charge in [0.2, 0.25) is 5.91 Å². The van der Waals surface area contributed by atoms with Crippen molar-refractivity contribution in [2.45, 2.75) is 45.4 Å². The van der Waals surface area contributed by atoms with Crippen LogP contribution in [-0.4, -0.2) is 36.6 Å². The van der Waals surface area contributed by atoms with E-state index in [1.165, 1.54) is 0 Å². The molecule has 1 aliphatic rings. The summed E-state index contributed by atoms with van der Waals surface area (Å²) in [4.78, 5) is 22.3. The summed E-state index contributed by atoms with van der Waals surface area (Å²) in [5.74, 6) is -0.632. The van der Waals surface area contributed by atoms with Crippen LogP contribution in [0.3, 0.4) is 0 Å². The molecule has 104 valence electrons. The molecule has 1 heterocycles. The van der Waals surface area contributed by atoms with Gasteiger partial charge >= 0.3 is 5.97 Å². The zero-order chi connectivity index (χ0) is 13.4. The van der Waals surface area contributed by atoms with Gasteiger partial charge in [-0.05, 0) is 39.2 Å². The number of hydrogen-bond acceptors (Lipinski definition) is 3. The molecule has 1 amide bonds. The Morgan fingerprint density at radius 2 is 2.11 bits per heavy atom. The highest BCUT2D eigenvalue weighted by Crippen LogP contribution is 2.25. The first-order valence-electron chi connectivity index (χ1n) is 6.75. The van der Waals surface area contributed by atoms with Crippen molar-refractivity contribution in [3.63, 3.8) is 0 Å². The van der Waals surface area contributed by atoms with Gasteiger partial charge in [-0.3, -0.25) is 9.59 Å². The van der Waals surface area contributed by atoms with Crippen molar-refractivity contribution in [2.75, 3.05) is 19.6 Å². The molecule has 1 fully saturated rings. The molecule has 0 saturated carbocycles. The summed E-state index contributed by atoms with van der Waals surface area (Å²) < 4.78 is 0. The van der Waals surface area contributed by atoms with Gasteiger partial charge in [0.05, 0.1) is 5.41 Å². The largest absolute Gasteiger partial charge is 0.481 e. The SMILES string of the molecule is CC1(C(=O)NCCCCCC(=O)O)CCCNC1. The molecular formula is C13H24N2O3. The topological polar surface area (TPSA) is 78.4 Å². The summed E-state index contributed by atoms with van der Waals surface area (Å²) in [5.41, 5.74) is -0.278. The van der Waals surface area contributed by atoms with Gasteiger partial charge < -0.3 is 15.7 Å². The summed E-state index contributed by atoms with van der Waals surface area (Å²) in [6.45, 7) is 4.39. The zero-order valence-corrected chi connectivity index (χ0v) is 11.1. The van der Waals surface area contributed by atoms with Crippen LogP contribution >= 0.6 is 0 Å². The average molecular weight is 256 g/mol. The third kappa shape index (κ3) is 5.04. The van der Waals surface area contributed by atoms with E-state index < -0.39 is 5.97 Å². The van der Waals surface area contributed by atoms with E-state index in [1.54, 1.807) is 0 Å². The Kier molecular flexibility index (Phi) is 6.12. The number of carboxylic acids is 1. The number of carbonyl (C=O) groups excluding carboxylic acids is 1. The van der Waals surface area contributed by atoms with Gasteiger partial charge in [0.25, 0.3) is 0 Å². The quantitative estimate of drug-likeness (QED) is 0.597. The molecule has 1 atom stereocenters. The molecule has 0 bridgehead atoms. The van der Waals surface area contributed by atoms with E-state index in [2.05, 4.69) is 10.6 Å². The number of piperidine rings is 1. The highest BCUT2D eigenvalue weighted by molar-refractivity contribution is 5.82. The number of carboxylic acid groups (broad SMARTS) is 1. The number of unbranched alkanes of at least 4 members (excludes halogenated alkanes) is 2. The fourth-order valence-corrected chi connectivity index (χ4v) is 2.24. The van der Waals surface area contributed by atoms with Crippen LogP contribution in [-0.2, 0) is 9.59 Å². The minimum atomic E-state index is -0.750.